The lowest BCUT2D eigenvalue weighted by Gasteiger charge is -2.11. The van der Waals surface area contributed by atoms with E-state index in [0.717, 1.165) is 5.56 Å². The van der Waals surface area contributed by atoms with Crippen LogP contribution in [-0.4, -0.2) is 20.7 Å². The van der Waals surface area contributed by atoms with Crippen LogP contribution in [0, 0.1) is 0 Å². The molecule has 0 amide bonds. The Balaban J connectivity index is 3.20. The van der Waals surface area contributed by atoms with E-state index in [0.29, 0.717) is 6.54 Å². The first kappa shape index (κ1) is 13.5. The molecular formula is C11H16ClNO2S. The van der Waals surface area contributed by atoms with Crippen molar-refractivity contribution >= 4 is 21.4 Å². The second-order valence-corrected chi connectivity index (χ2v) is 6.38. The molecule has 1 unspecified atom stereocenters. The Bertz CT molecular complexity index is 471. The normalized spacial score (nSPS) is 13.8. The predicted molar refractivity (Wildman–Crippen MR) is 66.6 cm³/mol. The summed E-state index contributed by atoms with van der Waals surface area (Å²) < 4.78 is 23.3. The quantitative estimate of drug-likeness (QED) is 0.904. The van der Waals surface area contributed by atoms with Crippen molar-refractivity contribution < 1.29 is 8.42 Å². The molecule has 0 aliphatic heterocycles. The van der Waals surface area contributed by atoms with Crippen molar-refractivity contribution in [1.82, 2.24) is 0 Å². The fourth-order valence-electron chi connectivity index (χ4n) is 1.37. The van der Waals surface area contributed by atoms with Gasteiger partial charge in [-0.25, -0.2) is 8.42 Å². The molecule has 0 bridgehead atoms. The van der Waals surface area contributed by atoms with Crippen LogP contribution in [0.5, 0.6) is 0 Å². The molecule has 90 valence electrons. The van der Waals surface area contributed by atoms with E-state index in [-0.39, 0.29) is 21.6 Å². The highest BCUT2D eigenvalue weighted by atomic mass is 35.5. The highest BCUT2D eigenvalue weighted by Gasteiger charge is 2.16. The van der Waals surface area contributed by atoms with Crippen LogP contribution >= 0.6 is 11.6 Å². The van der Waals surface area contributed by atoms with E-state index in [4.69, 9.17) is 17.3 Å². The van der Waals surface area contributed by atoms with E-state index in [1.807, 2.05) is 6.92 Å². The Hall–Kier alpha value is -0.580. The van der Waals surface area contributed by atoms with Crippen LogP contribution in [0.15, 0.2) is 23.1 Å². The molecular weight excluding hydrogens is 246 g/mol. The molecule has 5 heteroatoms. The van der Waals surface area contributed by atoms with Gasteiger partial charge in [0.2, 0.25) is 0 Å². The van der Waals surface area contributed by atoms with E-state index in [2.05, 4.69) is 0 Å². The van der Waals surface area contributed by atoms with E-state index in [9.17, 15) is 8.42 Å². The van der Waals surface area contributed by atoms with E-state index >= 15 is 0 Å². The van der Waals surface area contributed by atoms with Gasteiger partial charge in [0, 0.05) is 0 Å². The zero-order chi connectivity index (χ0) is 12.3. The summed E-state index contributed by atoms with van der Waals surface area (Å²) in [4.78, 5) is 0.199. The minimum absolute atomic E-state index is 0.0541. The van der Waals surface area contributed by atoms with Gasteiger partial charge in [-0.3, -0.25) is 0 Å². The minimum atomic E-state index is -3.24. The topological polar surface area (TPSA) is 60.2 Å². The first-order valence-electron chi connectivity index (χ1n) is 5.14. The van der Waals surface area contributed by atoms with E-state index in [1.54, 1.807) is 25.1 Å². The highest BCUT2D eigenvalue weighted by Crippen LogP contribution is 2.26. The summed E-state index contributed by atoms with van der Waals surface area (Å²) in [7, 11) is -3.24. The van der Waals surface area contributed by atoms with Gasteiger partial charge >= 0.3 is 0 Å². The molecule has 1 rings (SSSR count). The summed E-state index contributed by atoms with van der Waals surface area (Å²) in [6.07, 6.45) is 0. The maximum atomic E-state index is 11.7. The fraction of sp³-hybridized carbons (Fsp3) is 0.455. The summed E-state index contributed by atoms with van der Waals surface area (Å²) in [6, 6.07) is 5.01. The van der Waals surface area contributed by atoms with Gasteiger partial charge in [-0.05, 0) is 30.2 Å². The van der Waals surface area contributed by atoms with Crippen molar-refractivity contribution in [3.8, 4) is 0 Å². The number of nitrogens with two attached hydrogens (primary N) is 1. The average molecular weight is 262 g/mol. The van der Waals surface area contributed by atoms with Gasteiger partial charge in [-0.2, -0.15) is 0 Å². The Labute approximate surface area is 102 Å². The second-order valence-electron chi connectivity index (χ2n) is 3.73. The maximum absolute atomic E-state index is 11.7. The standard InChI is InChI=1S/C11H16ClNO2S/c1-3-16(14,15)11-5-4-9(6-10(11)12)8(2)7-13/h4-6,8H,3,7,13H2,1-2H3. The largest absolute Gasteiger partial charge is 0.330 e. The van der Waals surface area contributed by atoms with Crippen molar-refractivity contribution in [2.75, 3.05) is 12.3 Å². The third kappa shape index (κ3) is 2.75. The molecule has 0 heterocycles. The highest BCUT2D eigenvalue weighted by molar-refractivity contribution is 7.91. The summed E-state index contributed by atoms with van der Waals surface area (Å²) in [5, 5.41) is 0.277. The number of benzene rings is 1. The van der Waals surface area contributed by atoms with E-state index < -0.39 is 9.84 Å². The molecule has 0 spiro atoms. The number of hydrogen-bond donors (Lipinski definition) is 1. The molecule has 1 aromatic carbocycles. The monoisotopic (exact) mass is 261 g/mol. The fourth-order valence-corrected chi connectivity index (χ4v) is 2.85. The van der Waals surface area contributed by atoms with Gasteiger partial charge in [0.1, 0.15) is 0 Å². The molecule has 0 radical (unpaired) electrons. The van der Waals surface area contributed by atoms with Crippen molar-refractivity contribution in [3.63, 3.8) is 0 Å². The molecule has 1 aromatic rings. The predicted octanol–water partition coefficient (Wildman–Crippen LogP) is 2.20. The summed E-state index contributed by atoms with van der Waals surface area (Å²) in [5.41, 5.74) is 6.50. The number of sulfone groups is 1. The first-order valence-corrected chi connectivity index (χ1v) is 7.17. The number of rotatable bonds is 4. The van der Waals surface area contributed by atoms with Crippen molar-refractivity contribution in [1.29, 1.82) is 0 Å². The lowest BCUT2D eigenvalue weighted by Crippen LogP contribution is -2.10. The number of hydrogen-bond acceptors (Lipinski definition) is 3. The van der Waals surface area contributed by atoms with Crippen LogP contribution in [0.4, 0.5) is 0 Å². The van der Waals surface area contributed by atoms with Gasteiger partial charge in [-0.1, -0.05) is 31.5 Å². The molecule has 0 aliphatic carbocycles. The summed E-state index contributed by atoms with van der Waals surface area (Å²) >= 11 is 5.97. The zero-order valence-corrected chi connectivity index (χ0v) is 11.0. The third-order valence-corrected chi connectivity index (χ3v) is 4.80. The van der Waals surface area contributed by atoms with Crippen LogP contribution in [0.3, 0.4) is 0 Å². The lowest BCUT2D eigenvalue weighted by molar-refractivity contribution is 0.597. The van der Waals surface area contributed by atoms with Gasteiger partial charge in [0.05, 0.1) is 15.7 Å². The van der Waals surface area contributed by atoms with Crippen molar-refractivity contribution in [2.24, 2.45) is 5.73 Å². The molecule has 0 saturated carbocycles. The second kappa shape index (κ2) is 5.17. The minimum Gasteiger partial charge on any atom is -0.330 e. The molecule has 0 aliphatic rings. The molecule has 2 N–H and O–H groups in total. The van der Waals surface area contributed by atoms with Crippen molar-refractivity contribution in [2.45, 2.75) is 24.7 Å². The van der Waals surface area contributed by atoms with Gasteiger partial charge in [-0.15, -0.1) is 0 Å². The van der Waals surface area contributed by atoms with Crippen LogP contribution in [0.1, 0.15) is 25.3 Å². The Kier molecular flexibility index (Phi) is 4.35. The van der Waals surface area contributed by atoms with Gasteiger partial charge in [0.25, 0.3) is 0 Å². The lowest BCUT2D eigenvalue weighted by atomic mass is 10.0. The van der Waals surface area contributed by atoms with Crippen LogP contribution in [-0.2, 0) is 9.84 Å². The van der Waals surface area contributed by atoms with Gasteiger partial charge < -0.3 is 5.73 Å². The van der Waals surface area contributed by atoms with Crippen LogP contribution in [0.2, 0.25) is 5.02 Å². The molecule has 1 atom stereocenters. The maximum Gasteiger partial charge on any atom is 0.179 e. The van der Waals surface area contributed by atoms with Crippen LogP contribution < -0.4 is 5.73 Å². The van der Waals surface area contributed by atoms with Crippen LogP contribution in [0.25, 0.3) is 0 Å². The summed E-state index contributed by atoms with van der Waals surface area (Å²) in [6.45, 7) is 4.08. The average Bonchev–Trinajstić information content (AvgIpc) is 2.27. The zero-order valence-electron chi connectivity index (χ0n) is 9.40. The van der Waals surface area contributed by atoms with Crippen molar-refractivity contribution in [3.05, 3.63) is 28.8 Å². The molecule has 0 saturated heterocycles. The molecule has 16 heavy (non-hydrogen) atoms. The van der Waals surface area contributed by atoms with E-state index in [1.165, 1.54) is 0 Å². The Morgan fingerprint density at radius 1 is 1.44 bits per heavy atom. The molecule has 3 nitrogen and oxygen atoms in total. The molecule has 0 aromatic heterocycles. The van der Waals surface area contributed by atoms with Gasteiger partial charge in [0.15, 0.2) is 9.84 Å². The SMILES string of the molecule is CCS(=O)(=O)c1ccc(C(C)CN)cc1Cl. The third-order valence-electron chi connectivity index (χ3n) is 2.59. The Morgan fingerprint density at radius 2 is 2.06 bits per heavy atom. The molecule has 0 fully saturated rings. The summed E-state index contributed by atoms with van der Waals surface area (Å²) in [5.74, 6) is 0.231. The number of halogens is 1. The first-order chi connectivity index (χ1) is 7.42. The Morgan fingerprint density at radius 3 is 2.50 bits per heavy atom. The smallest absolute Gasteiger partial charge is 0.179 e.